The Morgan fingerprint density at radius 3 is 1.89 bits per heavy atom. The van der Waals surface area contributed by atoms with Gasteiger partial charge in [0, 0.05) is 20.3 Å². The third-order valence-corrected chi connectivity index (χ3v) is 5.43. The van der Waals surface area contributed by atoms with Crippen molar-refractivity contribution in [2.45, 2.75) is 123 Å². The Balaban J connectivity index is 2.66. The Kier molecular flexibility index (Phi) is 14.7. The molecule has 10 heteroatoms. The fraction of sp³-hybridized carbons (Fsp3) is 0.800. The first kappa shape index (κ1) is 30.4. The molecule has 0 spiro atoms. The Bertz CT molecular complexity index is 704. The third kappa shape index (κ3) is 13.1. The normalized spacial score (nSPS) is 20.5. The summed E-state index contributed by atoms with van der Waals surface area (Å²) in [5, 5.41) is 0. The van der Waals surface area contributed by atoms with Crippen molar-refractivity contribution in [3.63, 3.8) is 0 Å². The van der Waals surface area contributed by atoms with Crippen LogP contribution >= 0.6 is 0 Å². The molecule has 0 amide bonds. The summed E-state index contributed by atoms with van der Waals surface area (Å²) >= 11 is 0. The molecule has 0 aromatic carbocycles. The standard InChI is InChI=1S/C25H40O10/c1-4-5-6-7-8-9-10-11-12-13-14-15-23(30)35-25(34-20(3)27)18-31-21(28)16-17-22(29)33-24(25)32-19(2)26/h24H,4-18H2,1-3H3. The maximum Gasteiger partial charge on any atom is 0.366 e. The van der Waals surface area contributed by atoms with Crippen LogP contribution in [0, 0.1) is 0 Å². The van der Waals surface area contributed by atoms with Gasteiger partial charge >= 0.3 is 41.9 Å². The molecule has 0 bridgehead atoms. The number of hydrogen-bond acceptors (Lipinski definition) is 10. The summed E-state index contributed by atoms with van der Waals surface area (Å²) in [4.78, 5) is 60.0. The lowest BCUT2D eigenvalue weighted by atomic mass is 10.1. The van der Waals surface area contributed by atoms with Gasteiger partial charge in [0.1, 0.15) is 0 Å². The summed E-state index contributed by atoms with van der Waals surface area (Å²) < 4.78 is 25.6. The number of esters is 5. The molecule has 1 aliphatic heterocycles. The molecule has 0 N–H and O–H groups in total. The summed E-state index contributed by atoms with van der Waals surface area (Å²) in [6.07, 6.45) is 9.56. The van der Waals surface area contributed by atoms with Crippen LogP contribution in [0.5, 0.6) is 0 Å². The van der Waals surface area contributed by atoms with Crippen LogP contribution in [0.3, 0.4) is 0 Å². The highest BCUT2D eigenvalue weighted by Crippen LogP contribution is 2.27. The highest BCUT2D eigenvalue weighted by Gasteiger charge is 2.53. The van der Waals surface area contributed by atoms with Crippen molar-refractivity contribution in [3.05, 3.63) is 0 Å². The van der Waals surface area contributed by atoms with Crippen LogP contribution < -0.4 is 0 Å². The molecule has 1 rings (SSSR count). The molecular formula is C25H40O10. The zero-order valence-electron chi connectivity index (χ0n) is 21.3. The lowest BCUT2D eigenvalue weighted by Crippen LogP contribution is -2.56. The SMILES string of the molecule is CCCCCCCCCCCCCC(=O)OC1(OC(C)=O)COC(=O)CCC(=O)OC1OC(C)=O. The van der Waals surface area contributed by atoms with Crippen molar-refractivity contribution in [2.75, 3.05) is 6.61 Å². The molecule has 1 aliphatic rings. The molecule has 200 valence electrons. The molecule has 2 unspecified atom stereocenters. The van der Waals surface area contributed by atoms with E-state index in [2.05, 4.69) is 6.92 Å². The number of carbonyl (C=O) groups is 5. The summed E-state index contributed by atoms with van der Waals surface area (Å²) in [7, 11) is 0. The Morgan fingerprint density at radius 2 is 1.34 bits per heavy atom. The van der Waals surface area contributed by atoms with E-state index in [1.165, 1.54) is 38.5 Å². The first-order valence-electron chi connectivity index (χ1n) is 12.6. The number of cyclic esters (lactones) is 2. The van der Waals surface area contributed by atoms with Gasteiger partial charge in [0.2, 0.25) is 0 Å². The second kappa shape index (κ2) is 16.9. The van der Waals surface area contributed by atoms with Crippen LogP contribution in [0.1, 0.15) is 111 Å². The zero-order valence-corrected chi connectivity index (χ0v) is 21.3. The van der Waals surface area contributed by atoms with Crippen LogP contribution in [-0.4, -0.2) is 48.5 Å². The van der Waals surface area contributed by atoms with Crippen molar-refractivity contribution in [1.29, 1.82) is 0 Å². The van der Waals surface area contributed by atoms with Crippen molar-refractivity contribution in [2.24, 2.45) is 0 Å². The maximum absolute atomic E-state index is 12.6. The van der Waals surface area contributed by atoms with E-state index in [0.29, 0.717) is 6.42 Å². The molecule has 1 fully saturated rings. The van der Waals surface area contributed by atoms with Gasteiger partial charge in [-0.1, -0.05) is 71.1 Å². The van der Waals surface area contributed by atoms with E-state index in [9.17, 15) is 24.0 Å². The maximum atomic E-state index is 12.6. The van der Waals surface area contributed by atoms with Crippen LogP contribution in [0.25, 0.3) is 0 Å². The molecule has 0 saturated carbocycles. The molecule has 35 heavy (non-hydrogen) atoms. The smallest absolute Gasteiger partial charge is 0.366 e. The van der Waals surface area contributed by atoms with Crippen LogP contribution in [-0.2, 0) is 47.7 Å². The van der Waals surface area contributed by atoms with Gasteiger partial charge in [0.25, 0.3) is 0 Å². The summed E-state index contributed by atoms with van der Waals surface area (Å²) in [6.45, 7) is 3.48. The number of unbranched alkanes of at least 4 members (excludes halogenated alkanes) is 10. The van der Waals surface area contributed by atoms with Gasteiger partial charge in [-0.15, -0.1) is 0 Å². The molecule has 1 heterocycles. The van der Waals surface area contributed by atoms with E-state index in [1.807, 2.05) is 0 Å². The van der Waals surface area contributed by atoms with Gasteiger partial charge in [0.15, 0.2) is 6.61 Å². The van der Waals surface area contributed by atoms with Crippen molar-refractivity contribution >= 4 is 29.8 Å². The Hall–Kier alpha value is -2.65. The Labute approximate surface area is 207 Å². The minimum absolute atomic E-state index is 0.00524. The number of ether oxygens (including phenoxy) is 5. The highest BCUT2D eigenvalue weighted by molar-refractivity contribution is 5.78. The second-order valence-electron chi connectivity index (χ2n) is 8.76. The molecule has 0 aliphatic carbocycles. The summed E-state index contributed by atoms with van der Waals surface area (Å²) in [6, 6.07) is 0. The predicted octanol–water partition coefficient (Wildman–Crippen LogP) is 4.26. The average molecular weight is 501 g/mol. The molecule has 0 aromatic heterocycles. The fourth-order valence-corrected chi connectivity index (χ4v) is 3.65. The molecule has 0 aromatic rings. The van der Waals surface area contributed by atoms with Gasteiger partial charge in [-0.25, -0.2) is 0 Å². The molecular weight excluding hydrogens is 460 g/mol. The first-order chi connectivity index (χ1) is 16.7. The van der Waals surface area contributed by atoms with E-state index < -0.39 is 48.5 Å². The van der Waals surface area contributed by atoms with Crippen molar-refractivity contribution in [3.8, 4) is 0 Å². The molecule has 2 atom stereocenters. The fourth-order valence-electron chi connectivity index (χ4n) is 3.65. The molecule has 1 saturated heterocycles. The van der Waals surface area contributed by atoms with Gasteiger partial charge in [-0.05, 0) is 6.42 Å². The highest BCUT2D eigenvalue weighted by atomic mass is 16.8. The summed E-state index contributed by atoms with van der Waals surface area (Å²) in [5.74, 6) is -6.72. The minimum atomic E-state index is -2.44. The largest absolute Gasteiger partial charge is 0.457 e. The van der Waals surface area contributed by atoms with Crippen LogP contribution in [0.4, 0.5) is 0 Å². The predicted molar refractivity (Wildman–Crippen MR) is 124 cm³/mol. The molecule has 10 nitrogen and oxygen atoms in total. The zero-order chi connectivity index (χ0) is 26.1. The van der Waals surface area contributed by atoms with Crippen LogP contribution in [0.2, 0.25) is 0 Å². The molecule has 0 radical (unpaired) electrons. The average Bonchev–Trinajstić information content (AvgIpc) is 2.82. The van der Waals surface area contributed by atoms with Gasteiger partial charge in [-0.3, -0.25) is 24.0 Å². The second-order valence-corrected chi connectivity index (χ2v) is 8.76. The summed E-state index contributed by atoms with van der Waals surface area (Å²) in [5.41, 5.74) is 0. The number of hydrogen-bond donors (Lipinski definition) is 0. The quantitative estimate of drug-likeness (QED) is 0.139. The van der Waals surface area contributed by atoms with Crippen LogP contribution in [0.15, 0.2) is 0 Å². The van der Waals surface area contributed by atoms with Gasteiger partial charge < -0.3 is 23.7 Å². The number of rotatable bonds is 15. The topological polar surface area (TPSA) is 132 Å². The van der Waals surface area contributed by atoms with Gasteiger partial charge in [0.05, 0.1) is 12.8 Å². The van der Waals surface area contributed by atoms with Gasteiger partial charge in [-0.2, -0.15) is 0 Å². The Morgan fingerprint density at radius 1 is 0.800 bits per heavy atom. The van der Waals surface area contributed by atoms with E-state index in [0.717, 1.165) is 39.5 Å². The third-order valence-electron chi connectivity index (χ3n) is 5.43. The lowest BCUT2D eigenvalue weighted by molar-refractivity contribution is -0.320. The van der Waals surface area contributed by atoms with E-state index in [-0.39, 0.29) is 19.3 Å². The number of carbonyl (C=O) groups excluding carboxylic acids is 5. The van der Waals surface area contributed by atoms with E-state index >= 15 is 0 Å². The minimum Gasteiger partial charge on any atom is -0.457 e. The monoisotopic (exact) mass is 500 g/mol. The van der Waals surface area contributed by atoms with E-state index in [1.54, 1.807) is 0 Å². The lowest BCUT2D eigenvalue weighted by Gasteiger charge is -2.35. The first-order valence-corrected chi connectivity index (χ1v) is 12.6. The van der Waals surface area contributed by atoms with E-state index in [4.69, 9.17) is 23.7 Å². The van der Waals surface area contributed by atoms with Crippen molar-refractivity contribution in [1.82, 2.24) is 0 Å². The van der Waals surface area contributed by atoms with Crippen molar-refractivity contribution < 1.29 is 47.7 Å².